The molecule has 0 unspecified atom stereocenters. The second kappa shape index (κ2) is 12.9. The number of para-hydroxylation sites is 1. The van der Waals surface area contributed by atoms with Crippen LogP contribution >= 0.6 is 11.3 Å². The van der Waals surface area contributed by atoms with Gasteiger partial charge in [-0.2, -0.15) is 0 Å². The molecule has 0 aliphatic carbocycles. The van der Waals surface area contributed by atoms with Gasteiger partial charge in [-0.25, -0.2) is 9.37 Å². The lowest BCUT2D eigenvalue weighted by Gasteiger charge is -2.41. The molecule has 2 aromatic carbocycles. The van der Waals surface area contributed by atoms with Crippen LogP contribution in [0.3, 0.4) is 0 Å². The van der Waals surface area contributed by atoms with Crippen LogP contribution in [0, 0.1) is 5.82 Å². The van der Waals surface area contributed by atoms with Crippen molar-refractivity contribution in [1.29, 1.82) is 0 Å². The van der Waals surface area contributed by atoms with Crippen LogP contribution in [0.4, 0.5) is 15.2 Å². The number of halogens is 1. The SMILES string of the molecule is CCOC(=O)CCNC(=O)c1cnc(N2CCC3(CC2)CCN(Cc2ccc(C(C)(C)C)cc2)c2cccc(F)c2O3)s1. The number of rotatable bonds is 8. The number of hydrogen-bond donors (Lipinski definition) is 1. The highest BCUT2D eigenvalue weighted by Crippen LogP contribution is 2.43. The lowest BCUT2D eigenvalue weighted by molar-refractivity contribution is -0.142. The molecule has 10 heteroatoms. The van der Waals surface area contributed by atoms with Gasteiger partial charge in [0, 0.05) is 52.0 Å². The highest BCUT2D eigenvalue weighted by atomic mass is 32.1. The maximum absolute atomic E-state index is 15.2. The molecule has 43 heavy (non-hydrogen) atoms. The molecule has 1 fully saturated rings. The van der Waals surface area contributed by atoms with E-state index in [1.807, 2.05) is 6.07 Å². The molecule has 1 spiro atoms. The predicted octanol–water partition coefficient (Wildman–Crippen LogP) is 6.09. The number of anilines is 2. The fourth-order valence-electron chi connectivity index (χ4n) is 5.64. The Morgan fingerprint density at radius 2 is 1.81 bits per heavy atom. The molecule has 1 amide bonds. The second-order valence-electron chi connectivity index (χ2n) is 12.3. The quantitative estimate of drug-likeness (QED) is 0.310. The van der Waals surface area contributed by atoms with Crippen molar-refractivity contribution < 1.29 is 23.5 Å². The van der Waals surface area contributed by atoms with E-state index < -0.39 is 5.60 Å². The van der Waals surface area contributed by atoms with Gasteiger partial charge in [0.2, 0.25) is 0 Å². The van der Waals surface area contributed by atoms with Crippen molar-refractivity contribution in [3.05, 3.63) is 70.5 Å². The first-order chi connectivity index (χ1) is 20.6. The molecule has 2 aliphatic rings. The van der Waals surface area contributed by atoms with Crippen molar-refractivity contribution in [3.63, 3.8) is 0 Å². The van der Waals surface area contributed by atoms with E-state index in [-0.39, 0.29) is 36.1 Å². The summed E-state index contributed by atoms with van der Waals surface area (Å²) in [5.74, 6) is -0.603. The Bertz CT molecular complexity index is 1430. The fourth-order valence-corrected chi connectivity index (χ4v) is 6.53. The van der Waals surface area contributed by atoms with Crippen molar-refractivity contribution >= 4 is 34.0 Å². The summed E-state index contributed by atoms with van der Waals surface area (Å²) in [4.78, 5) is 33.5. The minimum atomic E-state index is -0.483. The van der Waals surface area contributed by atoms with Gasteiger partial charge in [0.1, 0.15) is 10.5 Å². The smallest absolute Gasteiger partial charge is 0.307 e. The molecule has 8 nitrogen and oxygen atoms in total. The summed E-state index contributed by atoms with van der Waals surface area (Å²) in [5, 5.41) is 3.52. The topological polar surface area (TPSA) is 84.0 Å². The summed E-state index contributed by atoms with van der Waals surface area (Å²) >= 11 is 1.33. The van der Waals surface area contributed by atoms with Crippen molar-refractivity contribution in [2.45, 2.75) is 70.9 Å². The van der Waals surface area contributed by atoms with Crippen molar-refractivity contribution in [3.8, 4) is 5.75 Å². The van der Waals surface area contributed by atoms with E-state index in [1.54, 1.807) is 19.2 Å². The third-order valence-electron chi connectivity index (χ3n) is 8.22. The van der Waals surface area contributed by atoms with E-state index in [1.165, 1.54) is 28.5 Å². The number of fused-ring (bicyclic) bond motifs is 1. The van der Waals surface area contributed by atoms with E-state index in [0.29, 0.717) is 36.9 Å². The number of ether oxygens (including phenoxy) is 2. The number of hydrogen-bond acceptors (Lipinski definition) is 8. The van der Waals surface area contributed by atoms with Gasteiger partial charge in [0.15, 0.2) is 16.7 Å². The number of aromatic nitrogens is 1. The van der Waals surface area contributed by atoms with Crippen LogP contribution in [0.25, 0.3) is 0 Å². The normalized spacial score (nSPS) is 16.3. The number of amides is 1. The van der Waals surface area contributed by atoms with Gasteiger partial charge in [-0.1, -0.05) is 62.4 Å². The minimum Gasteiger partial charge on any atom is -0.482 e. The minimum absolute atomic E-state index is 0.0872. The molecule has 1 saturated heterocycles. The Balaban J connectivity index is 1.23. The average molecular weight is 609 g/mol. The van der Waals surface area contributed by atoms with E-state index in [9.17, 15) is 9.59 Å². The maximum atomic E-state index is 15.2. The third-order valence-corrected chi connectivity index (χ3v) is 9.28. The Labute approximate surface area is 257 Å². The van der Waals surface area contributed by atoms with Gasteiger partial charge in [-0.15, -0.1) is 0 Å². The van der Waals surface area contributed by atoms with Crippen LogP contribution in [0.15, 0.2) is 48.7 Å². The number of carbonyl (C=O) groups is 2. The molecule has 0 radical (unpaired) electrons. The van der Waals surface area contributed by atoms with E-state index in [0.717, 1.165) is 36.6 Å². The van der Waals surface area contributed by atoms with E-state index in [4.69, 9.17) is 9.47 Å². The Hall–Kier alpha value is -3.66. The highest BCUT2D eigenvalue weighted by molar-refractivity contribution is 7.17. The lowest BCUT2D eigenvalue weighted by Crippen LogP contribution is -2.48. The molecule has 0 atom stereocenters. The first kappa shape index (κ1) is 30.8. The van der Waals surface area contributed by atoms with Crippen molar-refractivity contribution in [2.75, 3.05) is 42.6 Å². The predicted molar refractivity (Wildman–Crippen MR) is 168 cm³/mol. The Morgan fingerprint density at radius 3 is 2.51 bits per heavy atom. The van der Waals surface area contributed by atoms with Gasteiger partial charge in [0.25, 0.3) is 5.91 Å². The summed E-state index contributed by atoms with van der Waals surface area (Å²) < 4.78 is 26.7. The number of nitrogens with one attached hydrogen (secondary N) is 1. The van der Waals surface area contributed by atoms with Gasteiger partial charge in [0.05, 0.1) is 24.9 Å². The Kier molecular flexibility index (Phi) is 9.25. The van der Waals surface area contributed by atoms with Crippen molar-refractivity contribution in [2.24, 2.45) is 0 Å². The molecule has 230 valence electrons. The van der Waals surface area contributed by atoms with E-state index >= 15 is 4.39 Å². The highest BCUT2D eigenvalue weighted by Gasteiger charge is 2.41. The zero-order valence-corrected chi connectivity index (χ0v) is 26.3. The van der Waals surface area contributed by atoms with Gasteiger partial charge < -0.3 is 24.6 Å². The second-order valence-corrected chi connectivity index (χ2v) is 13.3. The lowest BCUT2D eigenvalue weighted by atomic mass is 9.86. The molecule has 1 N–H and O–H groups in total. The summed E-state index contributed by atoms with van der Waals surface area (Å²) in [6.07, 6.45) is 3.92. The summed E-state index contributed by atoms with van der Waals surface area (Å²) in [6, 6.07) is 13.9. The molecule has 1 aromatic heterocycles. The van der Waals surface area contributed by atoms with Crippen LogP contribution in [0.2, 0.25) is 0 Å². The number of carbonyl (C=O) groups excluding carboxylic acids is 2. The van der Waals surface area contributed by atoms with Gasteiger partial charge in [-0.3, -0.25) is 9.59 Å². The number of nitrogens with zero attached hydrogens (tertiary/aromatic N) is 3. The first-order valence-corrected chi connectivity index (χ1v) is 15.8. The number of piperidine rings is 1. The summed E-state index contributed by atoms with van der Waals surface area (Å²) in [6.45, 7) is 11.7. The molecular formula is C33H41FN4O4S. The molecule has 0 bridgehead atoms. The van der Waals surface area contributed by atoms with Crippen LogP contribution in [0.1, 0.15) is 74.2 Å². The zero-order chi connectivity index (χ0) is 30.6. The first-order valence-electron chi connectivity index (χ1n) is 15.0. The van der Waals surface area contributed by atoms with Gasteiger partial charge >= 0.3 is 5.97 Å². The molecule has 3 aromatic rings. The summed E-state index contributed by atoms with van der Waals surface area (Å²) in [7, 11) is 0. The van der Waals surface area contributed by atoms with Gasteiger partial charge in [-0.05, 0) is 35.6 Å². The zero-order valence-electron chi connectivity index (χ0n) is 25.5. The van der Waals surface area contributed by atoms with Crippen LogP contribution in [0.5, 0.6) is 5.75 Å². The number of esters is 1. The van der Waals surface area contributed by atoms with Crippen LogP contribution in [-0.2, 0) is 21.5 Å². The maximum Gasteiger partial charge on any atom is 0.307 e. The largest absolute Gasteiger partial charge is 0.482 e. The molecule has 2 aliphatic heterocycles. The van der Waals surface area contributed by atoms with E-state index in [2.05, 4.69) is 65.1 Å². The fraction of sp³-hybridized carbons (Fsp3) is 0.485. The number of benzene rings is 2. The summed E-state index contributed by atoms with van der Waals surface area (Å²) in [5.41, 5.74) is 2.86. The monoisotopic (exact) mass is 608 g/mol. The average Bonchev–Trinajstić information content (AvgIpc) is 3.42. The standard InChI is InChI=1S/C33H41FN4O4S/c1-5-41-28(39)13-17-35-30(40)27-21-36-31(43-27)37-18-14-33(15-19-37)16-20-38(26-8-6-7-25(34)29(26)42-33)22-23-9-11-24(12-10-23)32(2,3)4/h6-12,21H,5,13-20,22H2,1-4H3,(H,35,40). The third kappa shape index (κ3) is 7.29. The van der Waals surface area contributed by atoms with Crippen molar-refractivity contribution in [1.82, 2.24) is 10.3 Å². The molecule has 5 rings (SSSR count). The number of thiazole rings is 1. The molecule has 3 heterocycles. The van der Waals surface area contributed by atoms with Crippen LogP contribution < -0.4 is 19.9 Å². The molecule has 0 saturated carbocycles. The Morgan fingerprint density at radius 1 is 1.09 bits per heavy atom. The van der Waals surface area contributed by atoms with Crippen LogP contribution in [-0.4, -0.2) is 55.2 Å². The molecular weight excluding hydrogens is 567 g/mol.